The maximum Gasteiger partial charge on any atom is 0.256 e. The summed E-state index contributed by atoms with van der Waals surface area (Å²) >= 11 is 0. The zero-order valence-corrected chi connectivity index (χ0v) is 28.6. The molecule has 2 atom stereocenters. The molecule has 9 nitrogen and oxygen atoms in total. The number of hydrogen-bond donors (Lipinski definition) is 2. The van der Waals surface area contributed by atoms with Gasteiger partial charge < -0.3 is 20.4 Å². The van der Waals surface area contributed by atoms with E-state index in [1.54, 1.807) is 22.2 Å². The highest BCUT2D eigenvalue weighted by atomic mass is 16.2. The molecule has 2 aliphatic heterocycles. The Kier molecular flexibility index (Phi) is 10.8. The van der Waals surface area contributed by atoms with Gasteiger partial charge in [-0.3, -0.25) is 24.2 Å². The van der Waals surface area contributed by atoms with Gasteiger partial charge in [0, 0.05) is 42.4 Å². The van der Waals surface area contributed by atoms with Crippen molar-refractivity contribution in [2.45, 2.75) is 64.5 Å². The van der Waals surface area contributed by atoms with E-state index in [0.29, 0.717) is 48.4 Å². The summed E-state index contributed by atoms with van der Waals surface area (Å²) in [6, 6.07) is 23.6. The number of aromatic nitrogens is 1. The lowest BCUT2D eigenvalue weighted by Gasteiger charge is -2.25. The minimum absolute atomic E-state index is 0.0878. The first kappa shape index (κ1) is 34.3. The SMILES string of the molecule is CCc1ccccc1C(=O)N1CCC[C@H]1C(=O)Nc1ccc(/C=C/c2ccc(NC(=O)[C@@H]3CCCN3C(=O)c3cnccc3CC)cc2)cc1. The second kappa shape index (κ2) is 15.8. The van der Waals surface area contributed by atoms with Gasteiger partial charge in [0.25, 0.3) is 11.8 Å². The Morgan fingerprint density at radius 1 is 0.660 bits per heavy atom. The molecule has 2 N–H and O–H groups in total. The summed E-state index contributed by atoms with van der Waals surface area (Å²) in [5.41, 5.74) is 6.40. The van der Waals surface area contributed by atoms with E-state index in [4.69, 9.17) is 0 Å². The van der Waals surface area contributed by atoms with Gasteiger partial charge in [0.1, 0.15) is 12.1 Å². The molecule has 1 aromatic heterocycles. The molecule has 6 rings (SSSR count). The number of benzene rings is 3. The standard InChI is InChI=1S/C41H43N5O4/c1-3-30-9-5-6-10-34(30)40(49)45-25-7-11-36(45)38(47)43-32-19-15-28(16-20-32)13-14-29-17-21-33(22-18-29)44-39(48)37-12-8-26-46(37)41(50)35-27-42-24-23-31(35)4-2/h5-6,9-10,13-24,27,36-37H,3-4,7-8,11-12,25-26H2,1-2H3,(H,43,47)(H,44,48)/b14-13+/t36-,37-/m0/s1. The quantitative estimate of drug-likeness (QED) is 0.179. The van der Waals surface area contributed by atoms with E-state index in [1.165, 1.54) is 0 Å². The van der Waals surface area contributed by atoms with Crippen LogP contribution in [0.1, 0.15) is 82.5 Å². The van der Waals surface area contributed by atoms with Crippen LogP contribution >= 0.6 is 0 Å². The normalized spacial score (nSPS) is 17.2. The lowest BCUT2D eigenvalue weighted by atomic mass is 10.0. The molecular weight excluding hydrogens is 626 g/mol. The van der Waals surface area contributed by atoms with Crippen molar-refractivity contribution in [3.8, 4) is 0 Å². The highest BCUT2D eigenvalue weighted by Gasteiger charge is 2.36. The van der Waals surface area contributed by atoms with E-state index in [0.717, 1.165) is 47.9 Å². The fourth-order valence-electron chi connectivity index (χ4n) is 6.83. The van der Waals surface area contributed by atoms with Crippen LogP contribution in [0.25, 0.3) is 12.2 Å². The molecular formula is C41H43N5O4. The van der Waals surface area contributed by atoms with Crippen LogP contribution < -0.4 is 10.6 Å². The van der Waals surface area contributed by atoms with Crippen molar-refractivity contribution in [2.24, 2.45) is 0 Å². The number of pyridine rings is 1. The van der Waals surface area contributed by atoms with E-state index in [2.05, 4.69) is 15.6 Å². The van der Waals surface area contributed by atoms with Crippen LogP contribution in [0.2, 0.25) is 0 Å². The van der Waals surface area contributed by atoms with Crippen molar-refractivity contribution in [3.63, 3.8) is 0 Å². The van der Waals surface area contributed by atoms with E-state index < -0.39 is 12.1 Å². The molecule has 0 saturated carbocycles. The Bertz CT molecular complexity index is 1750. The Labute approximate surface area is 293 Å². The molecule has 4 amide bonds. The Hall–Kier alpha value is -5.57. The summed E-state index contributed by atoms with van der Waals surface area (Å²) in [6.07, 6.45) is 11.5. The monoisotopic (exact) mass is 669 g/mol. The highest BCUT2D eigenvalue weighted by molar-refractivity contribution is 6.03. The molecule has 2 fully saturated rings. The van der Waals surface area contributed by atoms with Gasteiger partial charge in [-0.25, -0.2) is 0 Å². The number of carbonyl (C=O) groups excluding carboxylic acids is 4. The van der Waals surface area contributed by atoms with Crippen molar-refractivity contribution in [2.75, 3.05) is 23.7 Å². The van der Waals surface area contributed by atoms with Gasteiger partial charge in [0.05, 0.1) is 5.56 Å². The third-order valence-electron chi connectivity index (χ3n) is 9.61. The van der Waals surface area contributed by atoms with Crippen molar-refractivity contribution in [1.82, 2.24) is 14.8 Å². The summed E-state index contributed by atoms with van der Waals surface area (Å²) in [4.78, 5) is 60.6. The molecule has 0 radical (unpaired) electrons. The van der Waals surface area contributed by atoms with Gasteiger partial charge in [-0.2, -0.15) is 0 Å². The number of nitrogens with zero attached hydrogens (tertiary/aromatic N) is 3. The minimum atomic E-state index is -0.525. The van der Waals surface area contributed by atoms with Gasteiger partial charge in [-0.05, 0) is 97.2 Å². The average molecular weight is 670 g/mol. The molecule has 3 heterocycles. The van der Waals surface area contributed by atoms with E-state index >= 15 is 0 Å². The summed E-state index contributed by atoms with van der Waals surface area (Å²) < 4.78 is 0. The van der Waals surface area contributed by atoms with Crippen LogP contribution in [-0.2, 0) is 22.4 Å². The molecule has 3 aromatic carbocycles. The Balaban J connectivity index is 1.02. The molecule has 2 saturated heterocycles. The highest BCUT2D eigenvalue weighted by Crippen LogP contribution is 2.25. The molecule has 50 heavy (non-hydrogen) atoms. The predicted octanol–water partition coefficient (Wildman–Crippen LogP) is 6.86. The Morgan fingerprint density at radius 2 is 1.14 bits per heavy atom. The number of carbonyl (C=O) groups is 4. The number of rotatable bonds is 10. The molecule has 256 valence electrons. The summed E-state index contributed by atoms with van der Waals surface area (Å²) in [7, 11) is 0. The van der Waals surface area contributed by atoms with Crippen LogP contribution in [0.5, 0.6) is 0 Å². The predicted molar refractivity (Wildman–Crippen MR) is 197 cm³/mol. The van der Waals surface area contributed by atoms with E-state index in [1.807, 2.05) is 105 Å². The number of hydrogen-bond acceptors (Lipinski definition) is 5. The zero-order valence-electron chi connectivity index (χ0n) is 28.6. The first-order valence-corrected chi connectivity index (χ1v) is 17.5. The average Bonchev–Trinajstić information content (AvgIpc) is 3.86. The van der Waals surface area contributed by atoms with Crippen molar-refractivity contribution >= 4 is 47.2 Å². The van der Waals surface area contributed by atoms with Gasteiger partial charge in [0.2, 0.25) is 11.8 Å². The van der Waals surface area contributed by atoms with Gasteiger partial charge >= 0.3 is 0 Å². The summed E-state index contributed by atoms with van der Waals surface area (Å²) in [5.74, 6) is -0.603. The molecule has 0 aliphatic carbocycles. The van der Waals surface area contributed by atoms with E-state index in [-0.39, 0.29) is 23.6 Å². The largest absolute Gasteiger partial charge is 0.327 e. The molecule has 0 spiro atoms. The van der Waals surface area contributed by atoms with Crippen LogP contribution in [0, 0.1) is 0 Å². The third kappa shape index (κ3) is 7.67. The number of nitrogens with one attached hydrogen (secondary N) is 2. The molecule has 0 bridgehead atoms. The van der Waals surface area contributed by atoms with Gasteiger partial charge in [0.15, 0.2) is 0 Å². The van der Waals surface area contributed by atoms with Crippen LogP contribution in [0.4, 0.5) is 11.4 Å². The fourth-order valence-corrected chi connectivity index (χ4v) is 6.83. The van der Waals surface area contributed by atoms with Crippen LogP contribution in [0.3, 0.4) is 0 Å². The zero-order chi connectivity index (χ0) is 35.0. The van der Waals surface area contributed by atoms with Crippen LogP contribution in [-0.4, -0.2) is 63.6 Å². The number of aryl methyl sites for hydroxylation is 2. The number of likely N-dealkylation sites (tertiary alicyclic amines) is 2. The first-order valence-electron chi connectivity index (χ1n) is 17.5. The molecule has 0 unspecified atom stereocenters. The summed E-state index contributed by atoms with van der Waals surface area (Å²) in [5, 5.41) is 5.98. The second-order valence-corrected chi connectivity index (χ2v) is 12.8. The number of anilines is 2. The summed E-state index contributed by atoms with van der Waals surface area (Å²) in [6.45, 7) is 5.14. The van der Waals surface area contributed by atoms with Gasteiger partial charge in [-0.1, -0.05) is 68.5 Å². The van der Waals surface area contributed by atoms with Crippen molar-refractivity contribution < 1.29 is 19.2 Å². The molecule has 4 aromatic rings. The molecule has 9 heteroatoms. The fraction of sp³-hybridized carbons (Fsp3) is 0.293. The van der Waals surface area contributed by atoms with Crippen LogP contribution in [0.15, 0.2) is 91.3 Å². The lowest BCUT2D eigenvalue weighted by Crippen LogP contribution is -2.43. The number of amides is 4. The topological polar surface area (TPSA) is 112 Å². The molecule has 2 aliphatic rings. The smallest absolute Gasteiger partial charge is 0.256 e. The van der Waals surface area contributed by atoms with Crippen molar-refractivity contribution in [1.29, 1.82) is 0 Å². The lowest BCUT2D eigenvalue weighted by molar-refractivity contribution is -0.120. The maximum atomic E-state index is 13.3. The second-order valence-electron chi connectivity index (χ2n) is 12.8. The van der Waals surface area contributed by atoms with Crippen molar-refractivity contribution in [3.05, 3.63) is 125 Å². The van der Waals surface area contributed by atoms with Gasteiger partial charge in [-0.15, -0.1) is 0 Å². The third-order valence-corrected chi connectivity index (χ3v) is 9.61. The first-order chi connectivity index (χ1) is 24.4. The Morgan fingerprint density at radius 3 is 1.66 bits per heavy atom. The van der Waals surface area contributed by atoms with E-state index in [9.17, 15) is 19.2 Å². The minimum Gasteiger partial charge on any atom is -0.327 e. The maximum absolute atomic E-state index is 13.3.